The first-order valence-electron chi connectivity index (χ1n) is 6.31. The number of rotatable bonds is 4. The molecule has 0 spiro atoms. The molecule has 2 rings (SSSR count). The van der Waals surface area contributed by atoms with E-state index in [2.05, 4.69) is 10.5 Å². The molecule has 7 nitrogen and oxygen atoms in total. The van der Waals surface area contributed by atoms with Crippen molar-refractivity contribution in [3.63, 3.8) is 0 Å². The molecule has 2 aromatic carbocycles. The lowest BCUT2D eigenvalue weighted by Crippen LogP contribution is -2.19. The van der Waals surface area contributed by atoms with Gasteiger partial charge in [-0.3, -0.25) is 4.79 Å². The van der Waals surface area contributed by atoms with E-state index in [0.29, 0.717) is 5.56 Å². The van der Waals surface area contributed by atoms with Gasteiger partial charge >= 0.3 is 0 Å². The van der Waals surface area contributed by atoms with Crippen LogP contribution in [0.2, 0.25) is 0 Å². The highest BCUT2D eigenvalue weighted by Gasteiger charge is 2.09. The normalized spacial score (nSPS) is 10.7. The van der Waals surface area contributed by atoms with Gasteiger partial charge in [-0.25, -0.2) is 5.43 Å². The van der Waals surface area contributed by atoms with Crippen LogP contribution in [-0.4, -0.2) is 32.5 Å². The molecule has 0 aliphatic rings. The molecule has 5 N–H and O–H groups in total. The average Bonchev–Trinajstić information content (AvgIpc) is 2.49. The molecule has 0 unspecified atom stereocenters. The number of aromatic hydroxyl groups is 4. The fourth-order valence-electron chi connectivity index (χ4n) is 1.70. The van der Waals surface area contributed by atoms with Crippen LogP contribution < -0.4 is 5.43 Å². The third-order valence-corrected chi connectivity index (χ3v) is 2.86. The SMILES string of the molecule is O=C(Cc1ccc(O)cc1)N/N=C/c1ccc(O)c(O)c1O. The summed E-state index contributed by atoms with van der Waals surface area (Å²) in [6.07, 6.45) is 1.22. The number of amides is 1. The molecular formula is C15H14N2O5. The van der Waals surface area contributed by atoms with E-state index in [-0.39, 0.29) is 23.6 Å². The van der Waals surface area contributed by atoms with E-state index in [9.17, 15) is 20.1 Å². The van der Waals surface area contributed by atoms with Crippen LogP contribution in [0, 0.1) is 0 Å². The molecule has 2 aromatic rings. The van der Waals surface area contributed by atoms with Crippen molar-refractivity contribution < 1.29 is 25.2 Å². The van der Waals surface area contributed by atoms with Crippen LogP contribution >= 0.6 is 0 Å². The minimum absolute atomic E-state index is 0.0738. The van der Waals surface area contributed by atoms with Crippen LogP contribution in [-0.2, 0) is 11.2 Å². The molecule has 0 aromatic heterocycles. The van der Waals surface area contributed by atoms with Crippen molar-refractivity contribution >= 4 is 12.1 Å². The predicted octanol–water partition coefficient (Wildman–Crippen LogP) is 1.20. The van der Waals surface area contributed by atoms with Crippen molar-refractivity contribution in [2.24, 2.45) is 5.10 Å². The quantitative estimate of drug-likeness (QED) is 0.330. The Kier molecular flexibility index (Phi) is 4.47. The second-order valence-electron chi connectivity index (χ2n) is 4.51. The maximum atomic E-state index is 11.7. The van der Waals surface area contributed by atoms with Gasteiger partial charge in [-0.2, -0.15) is 5.10 Å². The summed E-state index contributed by atoms with van der Waals surface area (Å²) in [6.45, 7) is 0. The largest absolute Gasteiger partial charge is 0.508 e. The van der Waals surface area contributed by atoms with Crippen molar-refractivity contribution in [1.82, 2.24) is 5.43 Å². The Balaban J connectivity index is 1.96. The van der Waals surface area contributed by atoms with Gasteiger partial charge < -0.3 is 20.4 Å². The minimum Gasteiger partial charge on any atom is -0.508 e. The third kappa shape index (κ3) is 3.66. The molecule has 0 aliphatic heterocycles. The Morgan fingerprint density at radius 2 is 1.68 bits per heavy atom. The van der Waals surface area contributed by atoms with E-state index in [1.807, 2.05) is 0 Å². The van der Waals surface area contributed by atoms with Gasteiger partial charge in [0.15, 0.2) is 11.5 Å². The summed E-state index contributed by atoms with van der Waals surface area (Å²) in [6, 6.07) is 8.70. The molecule has 0 saturated carbocycles. The molecule has 22 heavy (non-hydrogen) atoms. The van der Waals surface area contributed by atoms with E-state index >= 15 is 0 Å². The van der Waals surface area contributed by atoms with Crippen LogP contribution in [0.25, 0.3) is 0 Å². The van der Waals surface area contributed by atoms with E-state index in [1.54, 1.807) is 12.1 Å². The first kappa shape index (κ1) is 15.2. The van der Waals surface area contributed by atoms with Gasteiger partial charge in [0.05, 0.1) is 12.6 Å². The van der Waals surface area contributed by atoms with Crippen molar-refractivity contribution in [3.8, 4) is 23.0 Å². The van der Waals surface area contributed by atoms with Crippen LogP contribution in [0.5, 0.6) is 23.0 Å². The molecule has 114 valence electrons. The van der Waals surface area contributed by atoms with Crippen molar-refractivity contribution in [1.29, 1.82) is 0 Å². The number of nitrogens with one attached hydrogen (secondary N) is 1. The molecule has 0 bridgehead atoms. The molecule has 0 heterocycles. The van der Waals surface area contributed by atoms with Crippen LogP contribution in [0.3, 0.4) is 0 Å². The topological polar surface area (TPSA) is 122 Å². The lowest BCUT2D eigenvalue weighted by atomic mass is 10.1. The lowest BCUT2D eigenvalue weighted by molar-refractivity contribution is -0.120. The number of hydrogen-bond acceptors (Lipinski definition) is 6. The number of hydrogen-bond donors (Lipinski definition) is 5. The second-order valence-corrected chi connectivity index (χ2v) is 4.51. The van der Waals surface area contributed by atoms with Gasteiger partial charge in [-0.1, -0.05) is 12.1 Å². The van der Waals surface area contributed by atoms with Gasteiger partial charge in [0.25, 0.3) is 0 Å². The molecule has 0 fully saturated rings. The number of hydrazone groups is 1. The Hall–Kier alpha value is -3.22. The number of nitrogens with zero attached hydrogens (tertiary/aromatic N) is 1. The second kappa shape index (κ2) is 6.49. The number of benzene rings is 2. The fourth-order valence-corrected chi connectivity index (χ4v) is 1.70. The first-order chi connectivity index (χ1) is 10.5. The van der Waals surface area contributed by atoms with Gasteiger partial charge in [-0.15, -0.1) is 0 Å². The Bertz CT molecular complexity index is 711. The van der Waals surface area contributed by atoms with E-state index in [4.69, 9.17) is 5.11 Å². The summed E-state index contributed by atoms with van der Waals surface area (Å²) in [5, 5.41) is 40.9. The van der Waals surface area contributed by atoms with Gasteiger partial charge in [0, 0.05) is 5.56 Å². The summed E-state index contributed by atoms with van der Waals surface area (Å²) >= 11 is 0. The molecule has 0 saturated heterocycles. The van der Waals surface area contributed by atoms with Gasteiger partial charge in [-0.05, 0) is 29.8 Å². The standard InChI is InChI=1S/C15H14N2O5/c18-11-4-1-9(2-5-11)7-13(20)17-16-8-10-3-6-12(19)15(22)14(10)21/h1-6,8,18-19,21-22H,7H2,(H,17,20)/b16-8+. The Morgan fingerprint density at radius 3 is 2.36 bits per heavy atom. The minimum atomic E-state index is -0.653. The van der Waals surface area contributed by atoms with Gasteiger partial charge in [0.1, 0.15) is 5.75 Å². The maximum absolute atomic E-state index is 11.7. The van der Waals surface area contributed by atoms with Crippen molar-refractivity contribution in [2.75, 3.05) is 0 Å². The zero-order chi connectivity index (χ0) is 16.1. The van der Waals surface area contributed by atoms with Crippen LogP contribution in [0.15, 0.2) is 41.5 Å². The molecule has 1 amide bonds. The Labute approximate surface area is 125 Å². The summed E-state index contributed by atoms with van der Waals surface area (Å²) in [5.74, 6) is -1.91. The number of carbonyl (C=O) groups excluding carboxylic acids is 1. The molecular weight excluding hydrogens is 288 g/mol. The van der Waals surface area contributed by atoms with E-state index in [0.717, 1.165) is 6.21 Å². The summed E-state index contributed by atoms with van der Waals surface area (Å²) < 4.78 is 0. The lowest BCUT2D eigenvalue weighted by Gasteiger charge is -2.04. The highest BCUT2D eigenvalue weighted by molar-refractivity contribution is 5.87. The molecule has 0 radical (unpaired) electrons. The first-order valence-corrected chi connectivity index (χ1v) is 6.31. The zero-order valence-corrected chi connectivity index (χ0v) is 11.4. The highest BCUT2D eigenvalue weighted by Crippen LogP contribution is 2.36. The fraction of sp³-hybridized carbons (Fsp3) is 0.0667. The smallest absolute Gasteiger partial charge is 0.244 e. The van der Waals surface area contributed by atoms with Crippen molar-refractivity contribution in [2.45, 2.75) is 6.42 Å². The summed E-state index contributed by atoms with van der Waals surface area (Å²) in [7, 11) is 0. The number of phenolic OH excluding ortho intramolecular Hbond substituents is 4. The zero-order valence-electron chi connectivity index (χ0n) is 11.4. The number of carbonyl (C=O) groups is 1. The maximum Gasteiger partial charge on any atom is 0.244 e. The van der Waals surface area contributed by atoms with E-state index < -0.39 is 17.2 Å². The van der Waals surface area contributed by atoms with Gasteiger partial charge in [0.2, 0.25) is 11.7 Å². The van der Waals surface area contributed by atoms with Crippen LogP contribution in [0.4, 0.5) is 0 Å². The van der Waals surface area contributed by atoms with E-state index in [1.165, 1.54) is 24.3 Å². The average molecular weight is 302 g/mol. The predicted molar refractivity (Wildman–Crippen MR) is 79.0 cm³/mol. The number of phenols is 4. The Morgan fingerprint density at radius 1 is 1.00 bits per heavy atom. The highest BCUT2D eigenvalue weighted by atomic mass is 16.3. The third-order valence-electron chi connectivity index (χ3n) is 2.86. The molecule has 7 heteroatoms. The summed E-state index contributed by atoms with van der Waals surface area (Å²) in [4.78, 5) is 11.7. The van der Waals surface area contributed by atoms with Crippen molar-refractivity contribution in [3.05, 3.63) is 47.5 Å². The summed E-state index contributed by atoms with van der Waals surface area (Å²) in [5.41, 5.74) is 3.11. The van der Waals surface area contributed by atoms with Crippen LogP contribution in [0.1, 0.15) is 11.1 Å². The molecule has 0 aliphatic carbocycles. The monoisotopic (exact) mass is 302 g/mol. The molecule has 0 atom stereocenters.